The number of aromatic nitrogens is 2. The number of benzene rings is 1. The van der Waals surface area contributed by atoms with E-state index in [2.05, 4.69) is 10.4 Å². The van der Waals surface area contributed by atoms with Crippen LogP contribution in [0.5, 0.6) is 11.5 Å². The molecule has 1 amide bonds. The first-order valence-corrected chi connectivity index (χ1v) is 6.32. The number of ether oxygens (including phenoxy) is 2. The normalized spacial score (nSPS) is 11.8. The number of nitrogens with zero attached hydrogens (tertiary/aromatic N) is 2. The molecule has 1 aromatic carbocycles. The van der Waals surface area contributed by atoms with Crippen LogP contribution in [0.2, 0.25) is 0 Å². The van der Waals surface area contributed by atoms with Gasteiger partial charge in [0.25, 0.3) is 0 Å². The molecule has 0 saturated heterocycles. The lowest BCUT2D eigenvalue weighted by molar-refractivity contribution is -0.117. The summed E-state index contributed by atoms with van der Waals surface area (Å²) >= 11 is 0. The summed E-state index contributed by atoms with van der Waals surface area (Å²) in [5.74, 6) is 0.800. The highest BCUT2D eigenvalue weighted by molar-refractivity contribution is 5.96. The molecule has 0 saturated carbocycles. The molecule has 7 heteroatoms. The molecule has 112 valence electrons. The minimum atomic E-state index is -0.800. The van der Waals surface area contributed by atoms with Crippen molar-refractivity contribution in [2.75, 3.05) is 19.5 Å². The van der Waals surface area contributed by atoms with Gasteiger partial charge in [0.1, 0.15) is 17.5 Å². The van der Waals surface area contributed by atoms with Gasteiger partial charge in [-0.15, -0.1) is 0 Å². The first kappa shape index (κ1) is 14.9. The Balaban J connectivity index is 2.15. The Labute approximate surface area is 122 Å². The number of anilines is 1. The van der Waals surface area contributed by atoms with E-state index >= 15 is 0 Å². The number of hydrogen-bond acceptors (Lipinski definition) is 5. The SMILES string of the molecule is COc1ccc(NC(=O)C(N)c2cnn(C)c2)c(OC)c1. The van der Waals surface area contributed by atoms with Gasteiger partial charge in [-0.2, -0.15) is 5.10 Å². The first-order valence-electron chi connectivity index (χ1n) is 6.32. The van der Waals surface area contributed by atoms with Gasteiger partial charge in [0.15, 0.2) is 0 Å². The van der Waals surface area contributed by atoms with Gasteiger partial charge < -0.3 is 20.5 Å². The third-order valence-electron chi connectivity index (χ3n) is 3.03. The monoisotopic (exact) mass is 290 g/mol. The van der Waals surface area contributed by atoms with E-state index < -0.39 is 6.04 Å². The summed E-state index contributed by atoms with van der Waals surface area (Å²) in [6.07, 6.45) is 3.27. The summed E-state index contributed by atoms with van der Waals surface area (Å²) in [6.45, 7) is 0. The maximum absolute atomic E-state index is 12.2. The fourth-order valence-corrected chi connectivity index (χ4v) is 1.86. The summed E-state index contributed by atoms with van der Waals surface area (Å²) < 4.78 is 11.9. The van der Waals surface area contributed by atoms with Gasteiger partial charge in [-0.25, -0.2) is 0 Å². The third-order valence-corrected chi connectivity index (χ3v) is 3.03. The molecular weight excluding hydrogens is 272 g/mol. The van der Waals surface area contributed by atoms with E-state index in [1.807, 2.05) is 0 Å². The zero-order valence-corrected chi connectivity index (χ0v) is 12.2. The quantitative estimate of drug-likeness (QED) is 0.859. The fourth-order valence-electron chi connectivity index (χ4n) is 1.86. The molecular formula is C14H18N4O3. The van der Waals surface area contributed by atoms with E-state index in [1.165, 1.54) is 7.11 Å². The second kappa shape index (κ2) is 6.27. The maximum atomic E-state index is 12.2. The molecule has 0 bridgehead atoms. The summed E-state index contributed by atoms with van der Waals surface area (Å²) in [4.78, 5) is 12.2. The van der Waals surface area contributed by atoms with Gasteiger partial charge in [0.05, 0.1) is 26.1 Å². The number of methoxy groups -OCH3 is 2. The Morgan fingerprint density at radius 1 is 1.38 bits per heavy atom. The Kier molecular flexibility index (Phi) is 4.44. The fraction of sp³-hybridized carbons (Fsp3) is 0.286. The lowest BCUT2D eigenvalue weighted by Gasteiger charge is -2.14. The molecule has 21 heavy (non-hydrogen) atoms. The van der Waals surface area contributed by atoms with E-state index in [9.17, 15) is 4.79 Å². The number of hydrogen-bond donors (Lipinski definition) is 2. The molecule has 1 atom stereocenters. The van der Waals surface area contributed by atoms with Crippen molar-refractivity contribution >= 4 is 11.6 Å². The van der Waals surface area contributed by atoms with Gasteiger partial charge in [0.2, 0.25) is 5.91 Å². The lowest BCUT2D eigenvalue weighted by atomic mass is 10.1. The number of nitrogens with one attached hydrogen (secondary N) is 1. The number of nitrogens with two attached hydrogens (primary N) is 1. The van der Waals surface area contributed by atoms with Crippen molar-refractivity contribution in [3.63, 3.8) is 0 Å². The predicted molar refractivity (Wildman–Crippen MR) is 78.3 cm³/mol. The van der Waals surface area contributed by atoms with E-state index in [4.69, 9.17) is 15.2 Å². The van der Waals surface area contributed by atoms with Crippen molar-refractivity contribution < 1.29 is 14.3 Å². The highest BCUT2D eigenvalue weighted by Gasteiger charge is 2.19. The minimum absolute atomic E-state index is 0.341. The number of carbonyl (C=O) groups excluding carboxylic acids is 1. The van der Waals surface area contributed by atoms with E-state index in [0.717, 1.165) is 0 Å². The highest BCUT2D eigenvalue weighted by Crippen LogP contribution is 2.29. The molecule has 7 nitrogen and oxygen atoms in total. The predicted octanol–water partition coefficient (Wildman–Crippen LogP) is 1.08. The third kappa shape index (κ3) is 3.32. The van der Waals surface area contributed by atoms with Gasteiger partial charge in [-0.3, -0.25) is 9.48 Å². The first-order chi connectivity index (χ1) is 10.0. The van der Waals surface area contributed by atoms with Crippen LogP contribution in [-0.4, -0.2) is 29.9 Å². The summed E-state index contributed by atoms with van der Waals surface area (Å²) in [6, 6.07) is 4.32. The Morgan fingerprint density at radius 3 is 2.71 bits per heavy atom. The molecule has 0 aliphatic heterocycles. The Hall–Kier alpha value is -2.54. The van der Waals surface area contributed by atoms with E-state index in [-0.39, 0.29) is 5.91 Å². The van der Waals surface area contributed by atoms with Crippen molar-refractivity contribution in [1.29, 1.82) is 0 Å². The molecule has 1 heterocycles. The summed E-state index contributed by atoms with van der Waals surface area (Å²) in [5.41, 5.74) is 7.09. The smallest absolute Gasteiger partial charge is 0.246 e. The molecule has 0 fully saturated rings. The van der Waals surface area contributed by atoms with Crippen LogP contribution in [0.3, 0.4) is 0 Å². The van der Waals surface area contributed by atoms with E-state index in [0.29, 0.717) is 22.7 Å². The van der Waals surface area contributed by atoms with Crippen molar-refractivity contribution in [3.05, 3.63) is 36.2 Å². The second-order valence-electron chi connectivity index (χ2n) is 4.48. The zero-order valence-electron chi connectivity index (χ0n) is 12.2. The van der Waals surface area contributed by atoms with Crippen LogP contribution in [0.15, 0.2) is 30.6 Å². The maximum Gasteiger partial charge on any atom is 0.246 e. The van der Waals surface area contributed by atoms with Crippen molar-refractivity contribution in [3.8, 4) is 11.5 Å². The van der Waals surface area contributed by atoms with Gasteiger partial charge in [0, 0.05) is 24.9 Å². The van der Waals surface area contributed by atoms with Crippen LogP contribution in [0.1, 0.15) is 11.6 Å². The van der Waals surface area contributed by atoms with Gasteiger partial charge in [-0.1, -0.05) is 0 Å². The Morgan fingerprint density at radius 2 is 2.14 bits per heavy atom. The molecule has 1 unspecified atom stereocenters. The average molecular weight is 290 g/mol. The molecule has 0 aliphatic carbocycles. The van der Waals surface area contributed by atoms with Gasteiger partial charge >= 0.3 is 0 Å². The number of rotatable bonds is 5. The number of aryl methyl sites for hydroxylation is 1. The van der Waals surface area contributed by atoms with E-state index in [1.54, 1.807) is 49.4 Å². The molecule has 0 radical (unpaired) electrons. The minimum Gasteiger partial charge on any atom is -0.497 e. The standard InChI is InChI=1S/C14H18N4O3/c1-18-8-9(7-16-18)13(15)14(19)17-11-5-4-10(20-2)6-12(11)21-3/h4-8,13H,15H2,1-3H3,(H,17,19). The number of amides is 1. The highest BCUT2D eigenvalue weighted by atomic mass is 16.5. The Bertz CT molecular complexity index is 639. The summed E-state index contributed by atoms with van der Waals surface area (Å²) in [7, 11) is 4.84. The van der Waals surface area contributed by atoms with Crippen LogP contribution in [0, 0.1) is 0 Å². The zero-order chi connectivity index (χ0) is 15.4. The van der Waals surface area contributed by atoms with Crippen LogP contribution in [0.25, 0.3) is 0 Å². The number of carbonyl (C=O) groups is 1. The lowest BCUT2D eigenvalue weighted by Crippen LogP contribution is -2.27. The van der Waals surface area contributed by atoms with Crippen LogP contribution in [-0.2, 0) is 11.8 Å². The molecule has 2 aromatic rings. The van der Waals surface area contributed by atoms with Crippen molar-refractivity contribution in [2.45, 2.75) is 6.04 Å². The van der Waals surface area contributed by atoms with Crippen LogP contribution >= 0.6 is 0 Å². The second-order valence-corrected chi connectivity index (χ2v) is 4.48. The largest absolute Gasteiger partial charge is 0.497 e. The summed E-state index contributed by atoms with van der Waals surface area (Å²) in [5, 5.41) is 6.74. The van der Waals surface area contributed by atoms with Gasteiger partial charge in [-0.05, 0) is 12.1 Å². The molecule has 2 rings (SSSR count). The average Bonchev–Trinajstić information content (AvgIpc) is 2.93. The molecule has 0 aliphatic rings. The van der Waals surface area contributed by atoms with Crippen LogP contribution in [0.4, 0.5) is 5.69 Å². The van der Waals surface area contributed by atoms with Crippen LogP contribution < -0.4 is 20.5 Å². The topological polar surface area (TPSA) is 91.4 Å². The van der Waals surface area contributed by atoms with Crippen molar-refractivity contribution in [2.24, 2.45) is 12.8 Å². The molecule has 0 spiro atoms. The molecule has 1 aromatic heterocycles. The molecule has 3 N–H and O–H groups in total. The van der Waals surface area contributed by atoms with Crippen molar-refractivity contribution in [1.82, 2.24) is 9.78 Å².